The number of hydrogen-bond acceptors (Lipinski definition) is 3. The van der Waals surface area contributed by atoms with E-state index in [4.69, 9.17) is 21.1 Å². The van der Waals surface area contributed by atoms with E-state index in [9.17, 15) is 18.3 Å². The highest BCUT2D eigenvalue weighted by Crippen LogP contribution is 2.37. The van der Waals surface area contributed by atoms with Gasteiger partial charge in [0.05, 0.1) is 17.7 Å². The predicted molar refractivity (Wildman–Crippen MR) is 71.2 cm³/mol. The molecule has 0 aliphatic carbocycles. The van der Waals surface area contributed by atoms with Gasteiger partial charge < -0.3 is 14.6 Å². The molecule has 0 unspecified atom stereocenters. The maximum atomic E-state index is 12.5. The van der Waals surface area contributed by atoms with Gasteiger partial charge in [-0.05, 0) is 18.2 Å². The second-order valence-corrected chi connectivity index (χ2v) is 4.52. The Bertz CT molecular complexity index is 656. The molecule has 0 bridgehead atoms. The highest BCUT2D eigenvalue weighted by atomic mass is 35.5. The number of rotatable bonds is 3. The molecule has 2 aromatic rings. The summed E-state index contributed by atoms with van der Waals surface area (Å²) in [6.07, 6.45) is -4.48. The molecule has 0 aliphatic heterocycles. The molecule has 1 N–H and O–H groups in total. The molecule has 0 aliphatic rings. The van der Waals surface area contributed by atoms with Gasteiger partial charge in [0.25, 0.3) is 0 Å². The van der Waals surface area contributed by atoms with E-state index < -0.39 is 11.7 Å². The largest absolute Gasteiger partial charge is 0.508 e. The number of phenols is 1. The first kappa shape index (κ1) is 15.3. The number of phenolic OH excluding ortho intramolecular Hbond substituents is 1. The summed E-state index contributed by atoms with van der Waals surface area (Å²) < 4.78 is 47.9. The summed E-state index contributed by atoms with van der Waals surface area (Å²) in [5, 5.41) is 9.29. The van der Waals surface area contributed by atoms with E-state index in [1.807, 2.05) is 0 Å². The Hall–Kier alpha value is -2.08. The molecule has 0 spiro atoms. The minimum Gasteiger partial charge on any atom is -0.508 e. The number of methoxy groups -OCH3 is 1. The van der Waals surface area contributed by atoms with E-state index in [2.05, 4.69) is 0 Å². The molecule has 2 aromatic carbocycles. The van der Waals surface area contributed by atoms with E-state index in [0.29, 0.717) is 5.75 Å². The summed E-state index contributed by atoms with van der Waals surface area (Å²) in [4.78, 5) is 0. The van der Waals surface area contributed by atoms with Gasteiger partial charge in [-0.2, -0.15) is 13.2 Å². The van der Waals surface area contributed by atoms with E-state index >= 15 is 0 Å². The van der Waals surface area contributed by atoms with Crippen LogP contribution in [-0.2, 0) is 6.18 Å². The van der Waals surface area contributed by atoms with Crippen molar-refractivity contribution in [1.82, 2.24) is 0 Å². The van der Waals surface area contributed by atoms with Crippen LogP contribution in [0.3, 0.4) is 0 Å². The first-order valence-electron chi connectivity index (χ1n) is 5.72. The molecule has 0 amide bonds. The van der Waals surface area contributed by atoms with E-state index in [1.165, 1.54) is 25.3 Å². The summed E-state index contributed by atoms with van der Waals surface area (Å²) in [6.45, 7) is 0. The Morgan fingerprint density at radius 3 is 2.29 bits per heavy atom. The Kier molecular flexibility index (Phi) is 4.18. The molecule has 2 rings (SSSR count). The van der Waals surface area contributed by atoms with E-state index in [1.54, 1.807) is 0 Å². The molecular weight excluding hydrogens is 309 g/mol. The van der Waals surface area contributed by atoms with Crippen molar-refractivity contribution >= 4 is 11.6 Å². The Labute approximate surface area is 123 Å². The molecule has 21 heavy (non-hydrogen) atoms. The lowest BCUT2D eigenvalue weighted by molar-refractivity contribution is -0.137. The summed E-state index contributed by atoms with van der Waals surface area (Å²) in [5.74, 6) is 0.464. The zero-order chi connectivity index (χ0) is 15.6. The van der Waals surface area contributed by atoms with Gasteiger partial charge in [0.15, 0.2) is 0 Å². The number of alkyl halides is 3. The lowest BCUT2D eigenvalue weighted by Crippen LogP contribution is -2.04. The molecule has 0 aromatic heterocycles. The fourth-order valence-electron chi connectivity index (χ4n) is 1.62. The van der Waals surface area contributed by atoms with Crippen molar-refractivity contribution in [2.24, 2.45) is 0 Å². The fourth-order valence-corrected chi connectivity index (χ4v) is 1.84. The first-order chi connectivity index (χ1) is 9.79. The third kappa shape index (κ3) is 3.72. The molecule has 7 heteroatoms. The van der Waals surface area contributed by atoms with Gasteiger partial charge in [-0.1, -0.05) is 11.6 Å². The van der Waals surface area contributed by atoms with Crippen LogP contribution in [-0.4, -0.2) is 12.2 Å². The molecule has 0 radical (unpaired) electrons. The van der Waals surface area contributed by atoms with Crippen molar-refractivity contribution in [2.75, 3.05) is 7.11 Å². The smallest absolute Gasteiger partial charge is 0.416 e. The monoisotopic (exact) mass is 318 g/mol. The lowest BCUT2D eigenvalue weighted by atomic mass is 10.2. The van der Waals surface area contributed by atoms with Gasteiger partial charge in [-0.25, -0.2) is 0 Å². The van der Waals surface area contributed by atoms with Crippen molar-refractivity contribution < 1.29 is 27.8 Å². The second kappa shape index (κ2) is 5.73. The van der Waals surface area contributed by atoms with E-state index in [-0.39, 0.29) is 22.3 Å². The van der Waals surface area contributed by atoms with Crippen molar-refractivity contribution in [3.05, 3.63) is 47.0 Å². The fraction of sp³-hybridized carbons (Fsp3) is 0.143. The maximum absolute atomic E-state index is 12.5. The van der Waals surface area contributed by atoms with Crippen LogP contribution in [0.1, 0.15) is 5.56 Å². The van der Waals surface area contributed by atoms with Crippen molar-refractivity contribution in [1.29, 1.82) is 0 Å². The molecule has 3 nitrogen and oxygen atoms in total. The second-order valence-electron chi connectivity index (χ2n) is 4.11. The van der Waals surface area contributed by atoms with Crippen LogP contribution in [0.5, 0.6) is 23.0 Å². The zero-order valence-corrected chi connectivity index (χ0v) is 11.5. The highest BCUT2D eigenvalue weighted by molar-refractivity contribution is 6.32. The Morgan fingerprint density at radius 1 is 1.05 bits per heavy atom. The number of benzene rings is 2. The van der Waals surface area contributed by atoms with Crippen LogP contribution >= 0.6 is 11.6 Å². The van der Waals surface area contributed by atoms with E-state index in [0.717, 1.165) is 18.2 Å². The molecule has 0 fully saturated rings. The minimum atomic E-state index is -4.48. The standard InChI is InChI=1S/C14H10ClF3O3/c1-20-10-5-9(19)6-11(7-10)21-13-3-2-8(4-12(13)15)14(16,17)18/h2-7,19H,1H3. The first-order valence-corrected chi connectivity index (χ1v) is 6.10. The SMILES string of the molecule is COc1cc(O)cc(Oc2ccc(C(F)(F)F)cc2Cl)c1. The predicted octanol–water partition coefficient (Wildman–Crippen LogP) is 4.87. The van der Waals surface area contributed by atoms with Crippen molar-refractivity contribution in [3.8, 4) is 23.0 Å². The normalized spacial score (nSPS) is 11.3. The quantitative estimate of drug-likeness (QED) is 0.878. The molecule has 0 atom stereocenters. The van der Waals surface area contributed by atoms with Gasteiger partial charge in [-0.15, -0.1) is 0 Å². The highest BCUT2D eigenvalue weighted by Gasteiger charge is 2.31. The molecule has 0 saturated carbocycles. The maximum Gasteiger partial charge on any atom is 0.416 e. The summed E-state index contributed by atoms with van der Waals surface area (Å²) in [5.41, 5.74) is -0.867. The van der Waals surface area contributed by atoms with Gasteiger partial charge >= 0.3 is 6.18 Å². The number of ether oxygens (including phenoxy) is 2. The average Bonchev–Trinajstić information content (AvgIpc) is 2.39. The van der Waals surface area contributed by atoms with Gasteiger partial charge in [-0.3, -0.25) is 0 Å². The summed E-state index contributed by atoms with van der Waals surface area (Å²) in [7, 11) is 1.41. The van der Waals surface area contributed by atoms with Crippen LogP contribution in [0.4, 0.5) is 13.2 Å². The Morgan fingerprint density at radius 2 is 1.71 bits per heavy atom. The van der Waals surface area contributed by atoms with Gasteiger partial charge in [0.1, 0.15) is 23.0 Å². The topological polar surface area (TPSA) is 38.7 Å². The van der Waals surface area contributed by atoms with Crippen LogP contribution in [0.15, 0.2) is 36.4 Å². The number of aromatic hydroxyl groups is 1. The lowest BCUT2D eigenvalue weighted by Gasteiger charge is -2.12. The third-order valence-corrected chi connectivity index (χ3v) is 2.88. The Balaban J connectivity index is 2.30. The van der Waals surface area contributed by atoms with Gasteiger partial charge in [0, 0.05) is 18.2 Å². The average molecular weight is 319 g/mol. The van der Waals surface area contributed by atoms with Gasteiger partial charge in [0.2, 0.25) is 0 Å². The molecule has 0 saturated heterocycles. The van der Waals surface area contributed by atoms with Crippen molar-refractivity contribution in [3.63, 3.8) is 0 Å². The zero-order valence-electron chi connectivity index (χ0n) is 10.7. The van der Waals surface area contributed by atoms with Crippen LogP contribution in [0, 0.1) is 0 Å². The summed E-state index contributed by atoms with van der Waals surface area (Å²) >= 11 is 5.78. The molecule has 112 valence electrons. The molecule has 0 heterocycles. The minimum absolute atomic E-state index is 0.0392. The van der Waals surface area contributed by atoms with Crippen LogP contribution < -0.4 is 9.47 Å². The number of halogens is 4. The third-order valence-electron chi connectivity index (χ3n) is 2.59. The number of hydrogen-bond donors (Lipinski definition) is 1. The van der Waals surface area contributed by atoms with Crippen molar-refractivity contribution in [2.45, 2.75) is 6.18 Å². The molecular formula is C14H10ClF3O3. The van der Waals surface area contributed by atoms with Crippen LogP contribution in [0.25, 0.3) is 0 Å². The van der Waals surface area contributed by atoms with Crippen LogP contribution in [0.2, 0.25) is 5.02 Å². The summed E-state index contributed by atoms with van der Waals surface area (Å²) in [6, 6.07) is 6.87.